The Morgan fingerprint density at radius 2 is 1.92 bits per heavy atom. The van der Waals surface area contributed by atoms with Crippen LogP contribution in [0.15, 0.2) is 67.1 Å². The van der Waals surface area contributed by atoms with E-state index in [-0.39, 0.29) is 0 Å². The van der Waals surface area contributed by atoms with Gasteiger partial charge in [-0.25, -0.2) is 0 Å². The summed E-state index contributed by atoms with van der Waals surface area (Å²) in [6, 6.07) is 16.3. The molecule has 2 heterocycles. The molecule has 0 bridgehead atoms. The predicted molar refractivity (Wildman–Crippen MR) is 104 cm³/mol. The van der Waals surface area contributed by atoms with Crippen molar-refractivity contribution in [2.75, 3.05) is 18.7 Å². The van der Waals surface area contributed by atoms with Crippen LogP contribution in [-0.4, -0.2) is 23.3 Å². The van der Waals surface area contributed by atoms with E-state index in [2.05, 4.69) is 58.1 Å². The molecule has 0 spiro atoms. The van der Waals surface area contributed by atoms with Gasteiger partial charge in [0.1, 0.15) is 5.75 Å². The van der Waals surface area contributed by atoms with Gasteiger partial charge in [-0.05, 0) is 54.5 Å². The summed E-state index contributed by atoms with van der Waals surface area (Å²) in [6.45, 7) is 3.11. The zero-order valence-corrected chi connectivity index (χ0v) is 14.7. The second-order valence-corrected chi connectivity index (χ2v) is 5.72. The van der Waals surface area contributed by atoms with E-state index in [9.17, 15) is 0 Å². The molecule has 3 aromatic rings. The molecule has 0 fully saturated rings. The van der Waals surface area contributed by atoms with E-state index in [0.29, 0.717) is 0 Å². The third-order valence-electron chi connectivity index (χ3n) is 3.96. The van der Waals surface area contributed by atoms with Crippen molar-refractivity contribution in [1.82, 2.24) is 9.66 Å². The van der Waals surface area contributed by atoms with Gasteiger partial charge in [-0.3, -0.25) is 14.7 Å². The molecule has 0 unspecified atom stereocenters. The number of hydrogen-bond donors (Lipinski definition) is 0. The van der Waals surface area contributed by atoms with Gasteiger partial charge in [-0.2, -0.15) is 0 Å². The lowest BCUT2D eigenvalue weighted by Gasteiger charge is -2.27. The molecule has 2 aromatic heterocycles. The highest BCUT2D eigenvalue weighted by Gasteiger charge is 2.09. The monoisotopic (exact) mass is 333 g/mol. The zero-order chi connectivity index (χ0) is 17.5. The molecular formula is C21H23N3O. The Morgan fingerprint density at radius 1 is 1.08 bits per heavy atom. The summed E-state index contributed by atoms with van der Waals surface area (Å²) >= 11 is 0. The van der Waals surface area contributed by atoms with Crippen molar-refractivity contribution in [3.8, 4) is 5.75 Å². The van der Waals surface area contributed by atoms with Crippen LogP contribution in [0.5, 0.6) is 5.75 Å². The van der Waals surface area contributed by atoms with Crippen molar-refractivity contribution in [3.05, 3.63) is 78.4 Å². The number of nitrogens with zero attached hydrogens (tertiary/aromatic N) is 3. The molecule has 0 N–H and O–H groups in total. The summed E-state index contributed by atoms with van der Waals surface area (Å²) in [6.07, 6.45) is 11.0. The van der Waals surface area contributed by atoms with E-state index in [4.69, 9.17) is 4.74 Å². The van der Waals surface area contributed by atoms with Gasteiger partial charge in [0.05, 0.1) is 18.5 Å². The highest BCUT2D eigenvalue weighted by atomic mass is 16.5. The second-order valence-electron chi connectivity index (χ2n) is 5.72. The molecule has 0 saturated carbocycles. The summed E-state index contributed by atoms with van der Waals surface area (Å²) in [5.41, 5.74) is 3.36. The molecule has 0 radical (unpaired) electrons. The number of methoxy groups -OCH3 is 1. The molecule has 0 aliphatic heterocycles. The smallest absolute Gasteiger partial charge is 0.119 e. The first kappa shape index (κ1) is 16.8. The Hall–Kier alpha value is -3.01. The summed E-state index contributed by atoms with van der Waals surface area (Å²) < 4.78 is 7.47. The third-order valence-corrected chi connectivity index (χ3v) is 3.96. The van der Waals surface area contributed by atoms with Crippen LogP contribution >= 0.6 is 0 Å². The van der Waals surface area contributed by atoms with Crippen LogP contribution in [0.4, 0.5) is 5.69 Å². The molecule has 0 amide bonds. The first-order chi connectivity index (χ1) is 12.3. The molecule has 3 rings (SSSR count). The van der Waals surface area contributed by atoms with Gasteiger partial charge >= 0.3 is 0 Å². The standard InChI is InChI=1S/C21H23N3O/c1-3-15-23(20-11-13-22-14-12-20)24-16-5-7-19(24)10-9-18-6-4-8-21(17-18)25-2/h4-14,16-17H,3,15H2,1-2H3/b10-9+. The fraction of sp³-hybridized carbons (Fsp3) is 0.190. The van der Waals surface area contributed by atoms with Crippen LogP contribution in [0.3, 0.4) is 0 Å². The summed E-state index contributed by atoms with van der Waals surface area (Å²) in [7, 11) is 1.69. The molecule has 0 atom stereocenters. The Labute approximate surface area is 149 Å². The van der Waals surface area contributed by atoms with Crippen molar-refractivity contribution < 1.29 is 4.74 Å². The van der Waals surface area contributed by atoms with Crippen LogP contribution in [0.2, 0.25) is 0 Å². The van der Waals surface area contributed by atoms with Gasteiger partial charge in [0, 0.05) is 25.1 Å². The van der Waals surface area contributed by atoms with E-state index in [1.54, 1.807) is 7.11 Å². The number of anilines is 1. The molecule has 25 heavy (non-hydrogen) atoms. The Bertz CT molecular complexity index is 824. The summed E-state index contributed by atoms with van der Waals surface area (Å²) in [5, 5.41) is 2.26. The topological polar surface area (TPSA) is 30.3 Å². The number of ether oxygens (including phenoxy) is 1. The molecule has 128 valence electrons. The van der Waals surface area contributed by atoms with Gasteiger partial charge < -0.3 is 4.74 Å². The molecule has 0 aliphatic carbocycles. The van der Waals surface area contributed by atoms with E-state index in [1.165, 1.54) is 0 Å². The minimum atomic E-state index is 0.863. The lowest BCUT2D eigenvalue weighted by atomic mass is 10.2. The van der Waals surface area contributed by atoms with E-state index < -0.39 is 0 Å². The van der Waals surface area contributed by atoms with E-state index in [1.807, 2.05) is 42.7 Å². The quantitative estimate of drug-likeness (QED) is 0.625. The summed E-state index contributed by atoms with van der Waals surface area (Å²) in [4.78, 5) is 4.12. The van der Waals surface area contributed by atoms with Gasteiger partial charge in [0.25, 0.3) is 0 Å². The highest BCUT2D eigenvalue weighted by Crippen LogP contribution is 2.19. The average Bonchev–Trinajstić information content (AvgIpc) is 3.13. The van der Waals surface area contributed by atoms with E-state index in [0.717, 1.165) is 35.7 Å². The Morgan fingerprint density at radius 3 is 2.68 bits per heavy atom. The van der Waals surface area contributed by atoms with Gasteiger partial charge in [0.2, 0.25) is 0 Å². The Balaban J connectivity index is 1.89. The number of benzene rings is 1. The van der Waals surface area contributed by atoms with E-state index >= 15 is 0 Å². The van der Waals surface area contributed by atoms with Crippen molar-refractivity contribution in [1.29, 1.82) is 0 Å². The minimum absolute atomic E-state index is 0.863. The maximum Gasteiger partial charge on any atom is 0.119 e. The lowest BCUT2D eigenvalue weighted by molar-refractivity contribution is 0.414. The second kappa shape index (κ2) is 8.20. The van der Waals surface area contributed by atoms with Crippen LogP contribution in [0, 0.1) is 0 Å². The zero-order valence-electron chi connectivity index (χ0n) is 14.7. The van der Waals surface area contributed by atoms with Gasteiger partial charge in [-0.15, -0.1) is 0 Å². The largest absolute Gasteiger partial charge is 0.497 e. The number of hydrogen-bond acceptors (Lipinski definition) is 3. The minimum Gasteiger partial charge on any atom is -0.497 e. The van der Waals surface area contributed by atoms with Crippen molar-refractivity contribution >= 4 is 17.8 Å². The van der Waals surface area contributed by atoms with Crippen LogP contribution in [0.25, 0.3) is 12.2 Å². The van der Waals surface area contributed by atoms with Crippen molar-refractivity contribution in [2.24, 2.45) is 0 Å². The molecule has 4 heteroatoms. The molecular weight excluding hydrogens is 310 g/mol. The Kier molecular flexibility index (Phi) is 5.52. The maximum atomic E-state index is 5.29. The van der Waals surface area contributed by atoms with Crippen molar-refractivity contribution in [2.45, 2.75) is 13.3 Å². The number of rotatable bonds is 7. The normalized spacial score (nSPS) is 11.0. The third kappa shape index (κ3) is 4.10. The molecule has 0 aliphatic rings. The van der Waals surface area contributed by atoms with Crippen molar-refractivity contribution in [3.63, 3.8) is 0 Å². The highest BCUT2D eigenvalue weighted by molar-refractivity contribution is 5.69. The van der Waals surface area contributed by atoms with Crippen LogP contribution in [-0.2, 0) is 0 Å². The van der Waals surface area contributed by atoms with Crippen LogP contribution < -0.4 is 9.75 Å². The molecule has 1 aromatic carbocycles. The summed E-state index contributed by atoms with van der Waals surface area (Å²) in [5.74, 6) is 0.863. The molecule has 0 saturated heterocycles. The van der Waals surface area contributed by atoms with Crippen LogP contribution in [0.1, 0.15) is 24.6 Å². The van der Waals surface area contributed by atoms with Gasteiger partial charge in [0.15, 0.2) is 0 Å². The average molecular weight is 333 g/mol. The number of aromatic nitrogens is 2. The molecule has 4 nitrogen and oxygen atoms in total. The SMILES string of the molecule is CCCN(c1ccncc1)n1cccc1/C=C/c1cccc(OC)c1. The maximum absolute atomic E-state index is 5.29. The lowest BCUT2D eigenvalue weighted by Crippen LogP contribution is -2.30. The fourth-order valence-electron chi connectivity index (χ4n) is 2.75. The predicted octanol–water partition coefficient (Wildman–Crippen LogP) is 4.74. The van der Waals surface area contributed by atoms with Gasteiger partial charge in [-0.1, -0.05) is 25.1 Å². The first-order valence-corrected chi connectivity index (χ1v) is 8.49. The fourth-order valence-corrected chi connectivity index (χ4v) is 2.75. The first-order valence-electron chi connectivity index (χ1n) is 8.49. The number of pyridine rings is 1.